The number of carboxylic acid groups (broad SMARTS) is 2. The van der Waals surface area contributed by atoms with Crippen LogP contribution >= 0.6 is 63.7 Å². The number of carbonyl (C=O) groups is 2. The molecule has 2 N–H and O–H groups in total. The number of rotatable bonds is 2. The van der Waals surface area contributed by atoms with Crippen molar-refractivity contribution in [3.63, 3.8) is 0 Å². The van der Waals surface area contributed by atoms with E-state index in [-0.39, 0.29) is 28.4 Å². The molecule has 0 saturated heterocycles. The Bertz CT molecular complexity index is 248. The number of halogens is 4. The van der Waals surface area contributed by atoms with Gasteiger partial charge in [0.25, 0.3) is 0 Å². The van der Waals surface area contributed by atoms with Gasteiger partial charge in [-0.2, -0.15) is 0 Å². The summed E-state index contributed by atoms with van der Waals surface area (Å²) in [6.45, 7) is 0. The van der Waals surface area contributed by atoms with E-state index in [1.165, 1.54) is 9.97 Å². The van der Waals surface area contributed by atoms with Crippen LogP contribution in [0, 0.1) is 0 Å². The Kier molecular flexibility index (Phi) is 18.5. The Morgan fingerprint density at radius 2 is 1.07 bits per heavy atom. The Labute approximate surface area is 132 Å². The van der Waals surface area contributed by atoms with Gasteiger partial charge in [-0.25, -0.2) is 9.59 Å². The van der Waals surface area contributed by atoms with Crippen LogP contribution in [0.3, 0.4) is 0 Å². The first-order valence-corrected chi connectivity index (χ1v) is 6.16. The molecular weight excluding hydrogens is 521 g/mol. The first-order chi connectivity index (χ1) is 6.36. The number of carboxylic acids is 2. The van der Waals surface area contributed by atoms with Crippen molar-refractivity contribution in [3.05, 3.63) is 18.9 Å². The minimum atomic E-state index is -0.975. The SMILES string of the molecule is O=C(O)C(Br)=CBr.O=C(O)C(Br)=CBr.[Zn]. The fourth-order valence-corrected chi connectivity index (χ4v) is 0.485. The van der Waals surface area contributed by atoms with E-state index in [1.54, 1.807) is 0 Å². The molecule has 0 unspecified atom stereocenters. The first kappa shape index (κ1) is 21.3. The normalized spacial score (nSPS) is 10.7. The zero-order valence-electron chi connectivity index (χ0n) is 7.08. The van der Waals surface area contributed by atoms with Crippen LogP contribution in [0.4, 0.5) is 0 Å². The van der Waals surface area contributed by atoms with Crippen LogP contribution in [-0.2, 0) is 29.1 Å². The molecule has 9 heteroatoms. The van der Waals surface area contributed by atoms with E-state index in [1.807, 2.05) is 0 Å². The fourth-order valence-electron chi connectivity index (χ4n) is 0.0933. The Morgan fingerprint density at radius 3 is 1.07 bits per heavy atom. The molecule has 0 rings (SSSR count). The first-order valence-electron chi connectivity index (χ1n) is 2.75. The molecule has 0 heterocycles. The summed E-state index contributed by atoms with van der Waals surface area (Å²) >= 11 is 11.2. The smallest absolute Gasteiger partial charge is 0.343 e. The largest absolute Gasteiger partial charge is 0.477 e. The summed E-state index contributed by atoms with van der Waals surface area (Å²) < 4.78 is 0.236. The van der Waals surface area contributed by atoms with Crippen LogP contribution in [-0.4, -0.2) is 22.2 Å². The van der Waals surface area contributed by atoms with Crippen molar-refractivity contribution in [2.45, 2.75) is 0 Å². The average Bonchev–Trinajstić information content (AvgIpc) is 2.15. The summed E-state index contributed by atoms with van der Waals surface area (Å²) in [5.41, 5.74) is 0. The van der Waals surface area contributed by atoms with Crippen molar-refractivity contribution in [1.29, 1.82) is 0 Å². The summed E-state index contributed by atoms with van der Waals surface area (Å²) in [5.74, 6) is -1.95. The van der Waals surface area contributed by atoms with Crippen LogP contribution < -0.4 is 0 Å². The molecule has 0 aliphatic heterocycles. The molecule has 0 amide bonds. The predicted molar refractivity (Wildman–Crippen MR) is 67.1 cm³/mol. The zero-order valence-corrected chi connectivity index (χ0v) is 16.4. The third kappa shape index (κ3) is 15.0. The van der Waals surface area contributed by atoms with Crippen molar-refractivity contribution in [3.8, 4) is 0 Å². The van der Waals surface area contributed by atoms with E-state index in [0.717, 1.165) is 0 Å². The van der Waals surface area contributed by atoms with Crippen molar-refractivity contribution in [2.24, 2.45) is 0 Å². The van der Waals surface area contributed by atoms with Gasteiger partial charge < -0.3 is 10.2 Å². The summed E-state index contributed by atoms with van der Waals surface area (Å²) in [7, 11) is 0. The Hall–Kier alpha value is 0.963. The summed E-state index contributed by atoms with van der Waals surface area (Å²) in [4.78, 5) is 22.1. The maximum Gasteiger partial charge on any atom is 0.343 e. The standard InChI is InChI=1S/2C3H2Br2O2.Zn/c2*4-1-2(5)3(6)7;/h2*1H,(H,6,7);. The summed E-state index contributed by atoms with van der Waals surface area (Å²) in [6, 6.07) is 0. The van der Waals surface area contributed by atoms with Crippen LogP contribution in [0.5, 0.6) is 0 Å². The average molecular weight is 525 g/mol. The topological polar surface area (TPSA) is 74.6 Å². The number of hydrogen-bond donors (Lipinski definition) is 2. The number of aliphatic carboxylic acids is 2. The minimum Gasteiger partial charge on any atom is -0.477 e. The van der Waals surface area contributed by atoms with Crippen LogP contribution in [0.2, 0.25) is 0 Å². The molecule has 0 aromatic carbocycles. The van der Waals surface area contributed by atoms with Gasteiger partial charge in [0.1, 0.15) is 8.96 Å². The van der Waals surface area contributed by atoms with Crippen molar-refractivity contribution in [2.75, 3.05) is 0 Å². The van der Waals surface area contributed by atoms with Crippen molar-refractivity contribution >= 4 is 75.7 Å². The van der Waals surface area contributed by atoms with Crippen molar-refractivity contribution < 1.29 is 39.3 Å². The van der Waals surface area contributed by atoms with Gasteiger partial charge in [0.15, 0.2) is 0 Å². The zero-order chi connectivity index (χ0) is 11.7. The molecule has 0 aliphatic rings. The van der Waals surface area contributed by atoms with E-state index in [9.17, 15) is 9.59 Å². The molecule has 0 fully saturated rings. The Morgan fingerprint density at radius 1 is 0.867 bits per heavy atom. The maximum atomic E-state index is 9.79. The molecule has 0 aromatic heterocycles. The van der Waals surface area contributed by atoms with Gasteiger partial charge in [-0.15, -0.1) is 0 Å². The monoisotopic (exact) mass is 520 g/mol. The second kappa shape index (κ2) is 13.0. The van der Waals surface area contributed by atoms with Gasteiger partial charge in [0.2, 0.25) is 0 Å². The van der Waals surface area contributed by atoms with Gasteiger partial charge in [0, 0.05) is 29.4 Å². The molecule has 0 aromatic rings. The molecule has 82 valence electrons. The second-order valence-electron chi connectivity index (χ2n) is 1.52. The van der Waals surface area contributed by atoms with Crippen LogP contribution in [0.15, 0.2) is 18.9 Å². The fraction of sp³-hybridized carbons (Fsp3) is 0. The van der Waals surface area contributed by atoms with E-state index >= 15 is 0 Å². The van der Waals surface area contributed by atoms with Crippen LogP contribution in [0.25, 0.3) is 0 Å². The third-order valence-electron chi connectivity index (χ3n) is 0.600. The second-order valence-corrected chi connectivity index (χ2v) is 4.15. The molecule has 0 atom stereocenters. The molecule has 0 bridgehead atoms. The molecule has 0 radical (unpaired) electrons. The van der Waals surface area contributed by atoms with Gasteiger partial charge in [-0.3, -0.25) is 0 Å². The molecule has 0 aliphatic carbocycles. The van der Waals surface area contributed by atoms with Gasteiger partial charge in [0.05, 0.1) is 0 Å². The molecule has 0 spiro atoms. The summed E-state index contributed by atoms with van der Waals surface area (Å²) in [6.07, 6.45) is 0. The molecular formula is C6H4Br4O4Zn. The predicted octanol–water partition coefficient (Wildman–Crippen LogP) is 3.40. The van der Waals surface area contributed by atoms with Gasteiger partial charge in [-0.1, -0.05) is 31.9 Å². The van der Waals surface area contributed by atoms with E-state index in [0.29, 0.717) is 0 Å². The minimum absolute atomic E-state index is 0. The molecule has 15 heavy (non-hydrogen) atoms. The quantitative estimate of drug-likeness (QED) is 0.429. The van der Waals surface area contributed by atoms with E-state index in [2.05, 4.69) is 63.7 Å². The van der Waals surface area contributed by atoms with Gasteiger partial charge in [-0.05, 0) is 31.9 Å². The summed E-state index contributed by atoms with van der Waals surface area (Å²) in [5, 5.41) is 16.1. The van der Waals surface area contributed by atoms with E-state index in [4.69, 9.17) is 10.2 Å². The van der Waals surface area contributed by atoms with Crippen molar-refractivity contribution in [1.82, 2.24) is 0 Å². The Balaban J connectivity index is -0.000000180. The molecule has 0 saturated carbocycles. The molecule has 4 nitrogen and oxygen atoms in total. The van der Waals surface area contributed by atoms with Gasteiger partial charge >= 0.3 is 11.9 Å². The number of hydrogen-bond acceptors (Lipinski definition) is 2. The van der Waals surface area contributed by atoms with E-state index < -0.39 is 11.9 Å². The third-order valence-corrected chi connectivity index (χ3v) is 3.88. The van der Waals surface area contributed by atoms with Crippen LogP contribution in [0.1, 0.15) is 0 Å². The maximum absolute atomic E-state index is 9.79.